The van der Waals surface area contributed by atoms with E-state index in [1.54, 1.807) is 7.05 Å². The summed E-state index contributed by atoms with van der Waals surface area (Å²) in [6.07, 6.45) is -0.451. The van der Waals surface area contributed by atoms with Crippen molar-refractivity contribution in [1.82, 2.24) is 9.21 Å². The van der Waals surface area contributed by atoms with E-state index in [9.17, 15) is 13.2 Å². The standard InChI is InChI=1S/C23H29ClN2O5S/c1-16-6-5-7-20(12-16)30-11-10-25(4)23(27)19-8-9-21(24)22(13-19)32(28,29)26-14-17(2)31-18(3)15-26/h5-9,12-13,17-18H,10-11,14-15H2,1-4H3. The van der Waals surface area contributed by atoms with Crippen molar-refractivity contribution in [2.75, 3.05) is 33.3 Å². The Morgan fingerprint density at radius 2 is 1.88 bits per heavy atom. The number of aryl methyl sites for hydroxylation is 1. The topological polar surface area (TPSA) is 76.2 Å². The molecule has 1 fully saturated rings. The molecule has 0 spiro atoms. The summed E-state index contributed by atoms with van der Waals surface area (Å²) >= 11 is 6.24. The third-order valence-corrected chi connectivity index (χ3v) is 7.53. The Morgan fingerprint density at radius 3 is 2.53 bits per heavy atom. The molecule has 7 nitrogen and oxygen atoms in total. The highest BCUT2D eigenvalue weighted by atomic mass is 35.5. The van der Waals surface area contributed by atoms with Crippen LogP contribution in [0.2, 0.25) is 5.02 Å². The number of nitrogens with zero attached hydrogens (tertiary/aromatic N) is 2. The normalized spacial score (nSPS) is 19.5. The number of carbonyl (C=O) groups is 1. The van der Waals surface area contributed by atoms with Gasteiger partial charge in [0.05, 0.1) is 23.8 Å². The minimum atomic E-state index is -3.87. The molecular formula is C23H29ClN2O5S. The predicted molar refractivity (Wildman–Crippen MR) is 124 cm³/mol. The Balaban J connectivity index is 1.71. The van der Waals surface area contributed by atoms with Gasteiger partial charge < -0.3 is 14.4 Å². The molecule has 9 heteroatoms. The average molecular weight is 481 g/mol. The summed E-state index contributed by atoms with van der Waals surface area (Å²) < 4.78 is 39.2. The summed E-state index contributed by atoms with van der Waals surface area (Å²) in [4.78, 5) is 14.3. The van der Waals surface area contributed by atoms with Crippen LogP contribution in [0.25, 0.3) is 0 Å². The molecule has 2 aromatic rings. The van der Waals surface area contributed by atoms with Crippen molar-refractivity contribution in [2.24, 2.45) is 0 Å². The van der Waals surface area contributed by atoms with Crippen molar-refractivity contribution in [3.8, 4) is 5.75 Å². The SMILES string of the molecule is Cc1cccc(OCCN(C)C(=O)c2ccc(Cl)c(S(=O)(=O)N3CC(C)OC(C)C3)c2)c1. The van der Waals surface area contributed by atoms with Crippen molar-refractivity contribution in [2.45, 2.75) is 37.9 Å². The van der Waals surface area contributed by atoms with Gasteiger partial charge in [0, 0.05) is 25.7 Å². The first kappa shape index (κ1) is 24.5. The molecule has 1 aliphatic rings. The van der Waals surface area contributed by atoms with Crippen LogP contribution in [0, 0.1) is 6.92 Å². The second-order valence-corrected chi connectivity index (χ2v) is 10.4. The first-order chi connectivity index (χ1) is 15.1. The van der Waals surface area contributed by atoms with E-state index in [1.807, 2.05) is 45.0 Å². The van der Waals surface area contributed by atoms with Gasteiger partial charge in [-0.25, -0.2) is 8.42 Å². The van der Waals surface area contributed by atoms with Crippen LogP contribution in [0.1, 0.15) is 29.8 Å². The fourth-order valence-corrected chi connectivity index (χ4v) is 5.72. The Morgan fingerprint density at radius 1 is 1.19 bits per heavy atom. The van der Waals surface area contributed by atoms with Gasteiger partial charge in [0.2, 0.25) is 10.0 Å². The molecule has 0 aromatic heterocycles. The zero-order valence-corrected chi connectivity index (χ0v) is 20.3. The summed E-state index contributed by atoms with van der Waals surface area (Å²) in [5.41, 5.74) is 1.34. The molecule has 0 aliphatic carbocycles. The van der Waals surface area contributed by atoms with Crippen molar-refractivity contribution in [3.05, 3.63) is 58.6 Å². The molecule has 1 saturated heterocycles. The van der Waals surface area contributed by atoms with E-state index in [2.05, 4.69) is 0 Å². The number of sulfonamides is 1. The van der Waals surface area contributed by atoms with Gasteiger partial charge in [0.25, 0.3) is 5.91 Å². The van der Waals surface area contributed by atoms with E-state index >= 15 is 0 Å². The van der Waals surface area contributed by atoms with Crippen LogP contribution in [-0.4, -0.2) is 69.0 Å². The molecule has 1 heterocycles. The largest absolute Gasteiger partial charge is 0.492 e. The van der Waals surface area contributed by atoms with E-state index in [4.69, 9.17) is 21.1 Å². The summed E-state index contributed by atoms with van der Waals surface area (Å²) in [7, 11) is -2.22. The van der Waals surface area contributed by atoms with Gasteiger partial charge in [0.1, 0.15) is 17.3 Å². The number of morpholine rings is 1. The van der Waals surface area contributed by atoms with Crippen LogP contribution >= 0.6 is 11.6 Å². The Hall–Kier alpha value is -2.13. The molecule has 2 unspecified atom stereocenters. The smallest absolute Gasteiger partial charge is 0.253 e. The third kappa shape index (κ3) is 5.81. The van der Waals surface area contributed by atoms with Gasteiger partial charge in [-0.15, -0.1) is 0 Å². The molecule has 32 heavy (non-hydrogen) atoms. The first-order valence-electron chi connectivity index (χ1n) is 10.5. The van der Waals surface area contributed by atoms with Crippen LogP contribution in [0.3, 0.4) is 0 Å². The highest BCUT2D eigenvalue weighted by Gasteiger charge is 2.34. The summed E-state index contributed by atoms with van der Waals surface area (Å²) in [6.45, 7) is 6.76. The van der Waals surface area contributed by atoms with E-state index in [1.165, 1.54) is 27.4 Å². The Labute approximate surface area is 194 Å². The van der Waals surface area contributed by atoms with Crippen molar-refractivity contribution < 1.29 is 22.7 Å². The quantitative estimate of drug-likeness (QED) is 0.605. The van der Waals surface area contributed by atoms with Gasteiger partial charge >= 0.3 is 0 Å². The number of hydrogen-bond acceptors (Lipinski definition) is 5. The highest BCUT2D eigenvalue weighted by molar-refractivity contribution is 7.89. The molecule has 174 valence electrons. The zero-order chi connectivity index (χ0) is 23.5. The number of halogens is 1. The van der Waals surface area contributed by atoms with Gasteiger partial charge in [-0.3, -0.25) is 4.79 Å². The highest BCUT2D eigenvalue weighted by Crippen LogP contribution is 2.28. The van der Waals surface area contributed by atoms with Crippen molar-refractivity contribution in [3.63, 3.8) is 0 Å². The molecule has 2 aromatic carbocycles. The second-order valence-electron chi connectivity index (χ2n) is 8.12. The van der Waals surface area contributed by atoms with Gasteiger partial charge in [-0.2, -0.15) is 4.31 Å². The first-order valence-corrected chi connectivity index (χ1v) is 12.3. The minimum absolute atomic E-state index is 0.0734. The molecule has 0 saturated carbocycles. The fraction of sp³-hybridized carbons (Fsp3) is 0.435. The number of benzene rings is 2. The van der Waals surface area contributed by atoms with Crippen molar-refractivity contribution in [1.29, 1.82) is 0 Å². The molecule has 0 radical (unpaired) electrons. The van der Waals surface area contributed by atoms with Crippen LogP contribution in [0.15, 0.2) is 47.4 Å². The number of amides is 1. The third-order valence-electron chi connectivity index (χ3n) is 5.21. The Bertz CT molecular complexity index is 1070. The monoisotopic (exact) mass is 480 g/mol. The van der Waals surface area contributed by atoms with E-state index in [-0.39, 0.29) is 46.7 Å². The summed E-state index contributed by atoms with van der Waals surface area (Å²) in [6, 6.07) is 12.0. The maximum Gasteiger partial charge on any atom is 0.253 e. The molecule has 1 aliphatic heterocycles. The molecule has 2 atom stereocenters. The van der Waals surface area contributed by atoms with Crippen LogP contribution in [0.5, 0.6) is 5.75 Å². The summed E-state index contributed by atoms with van der Waals surface area (Å²) in [5.74, 6) is 0.425. The van der Waals surface area contributed by atoms with E-state index in [0.717, 1.165) is 11.3 Å². The lowest BCUT2D eigenvalue weighted by Crippen LogP contribution is -2.48. The summed E-state index contributed by atoms with van der Waals surface area (Å²) in [5, 5.41) is 0.0822. The molecule has 0 N–H and O–H groups in total. The molecule has 3 rings (SSSR count). The Kier molecular flexibility index (Phi) is 7.82. The van der Waals surface area contributed by atoms with Gasteiger partial charge in [0.15, 0.2) is 0 Å². The maximum atomic E-state index is 13.2. The number of rotatable bonds is 7. The van der Waals surface area contributed by atoms with Crippen LogP contribution in [-0.2, 0) is 14.8 Å². The lowest BCUT2D eigenvalue weighted by atomic mass is 10.2. The van der Waals surface area contributed by atoms with Crippen LogP contribution in [0.4, 0.5) is 0 Å². The van der Waals surface area contributed by atoms with E-state index < -0.39 is 10.0 Å². The lowest BCUT2D eigenvalue weighted by molar-refractivity contribution is -0.0440. The number of hydrogen-bond donors (Lipinski definition) is 0. The maximum absolute atomic E-state index is 13.2. The minimum Gasteiger partial charge on any atom is -0.492 e. The fourth-order valence-electron chi connectivity index (χ4n) is 3.63. The molecule has 1 amide bonds. The molecular weight excluding hydrogens is 452 g/mol. The predicted octanol–water partition coefficient (Wildman–Crippen LogP) is 3.60. The van der Waals surface area contributed by atoms with Crippen molar-refractivity contribution >= 4 is 27.5 Å². The van der Waals surface area contributed by atoms with Gasteiger partial charge in [-0.05, 0) is 56.7 Å². The zero-order valence-electron chi connectivity index (χ0n) is 18.7. The lowest BCUT2D eigenvalue weighted by Gasteiger charge is -2.34. The number of ether oxygens (including phenoxy) is 2. The van der Waals surface area contributed by atoms with E-state index in [0.29, 0.717) is 13.2 Å². The number of likely N-dealkylation sites (N-methyl/N-ethyl adjacent to an activating group) is 1. The van der Waals surface area contributed by atoms with Crippen LogP contribution < -0.4 is 4.74 Å². The second kappa shape index (κ2) is 10.2. The average Bonchev–Trinajstić information content (AvgIpc) is 2.72. The van der Waals surface area contributed by atoms with Gasteiger partial charge in [-0.1, -0.05) is 23.7 Å². The number of carbonyl (C=O) groups excluding carboxylic acids is 1. The molecule has 0 bridgehead atoms.